The highest BCUT2D eigenvalue weighted by molar-refractivity contribution is 8.00. The molecule has 39 heavy (non-hydrogen) atoms. The molecule has 5 rings (SSSR count). The number of anilines is 1. The number of ether oxygens (including phenoxy) is 1. The number of nitrogens with zero attached hydrogens (tertiary/aromatic N) is 4. The third kappa shape index (κ3) is 5.71. The first kappa shape index (κ1) is 26.6. The molecular weight excluding hydrogens is 532 g/mol. The first-order valence-electron chi connectivity index (χ1n) is 12.4. The lowest BCUT2D eigenvalue weighted by Gasteiger charge is -2.23. The lowest BCUT2D eigenvalue weighted by atomic mass is 9.95. The molecule has 1 atom stereocenters. The zero-order valence-corrected chi connectivity index (χ0v) is 23.0. The van der Waals surface area contributed by atoms with E-state index in [4.69, 9.17) is 4.74 Å². The van der Waals surface area contributed by atoms with Crippen LogP contribution in [0.25, 0.3) is 5.76 Å². The van der Waals surface area contributed by atoms with Gasteiger partial charge >= 0.3 is 5.91 Å². The van der Waals surface area contributed by atoms with E-state index in [9.17, 15) is 14.7 Å². The number of ketones is 1. The highest BCUT2D eigenvalue weighted by atomic mass is 32.2. The lowest BCUT2D eigenvalue weighted by Crippen LogP contribution is -2.29. The maximum Gasteiger partial charge on any atom is 0.301 e. The number of aryl methyl sites for hydroxylation is 1. The number of hydrogen-bond donors (Lipinski definition) is 1. The molecule has 0 aliphatic carbocycles. The number of aliphatic hydroxyl groups is 1. The quantitative estimate of drug-likeness (QED) is 0.0884. The van der Waals surface area contributed by atoms with Crippen molar-refractivity contribution in [2.45, 2.75) is 36.4 Å². The number of thioether (sulfide) groups is 1. The summed E-state index contributed by atoms with van der Waals surface area (Å²) in [5.41, 5.74) is 3.31. The second-order valence-corrected chi connectivity index (χ2v) is 11.1. The van der Waals surface area contributed by atoms with E-state index < -0.39 is 17.7 Å². The van der Waals surface area contributed by atoms with Gasteiger partial charge < -0.3 is 9.84 Å². The summed E-state index contributed by atoms with van der Waals surface area (Å²) in [6.45, 7) is 4.58. The molecule has 4 aromatic rings. The fourth-order valence-electron chi connectivity index (χ4n) is 4.19. The summed E-state index contributed by atoms with van der Waals surface area (Å²) >= 11 is 2.74. The molecule has 0 saturated carbocycles. The molecule has 1 aliphatic heterocycles. The van der Waals surface area contributed by atoms with E-state index in [1.165, 1.54) is 46.0 Å². The van der Waals surface area contributed by atoms with Gasteiger partial charge in [0.15, 0.2) is 4.34 Å². The van der Waals surface area contributed by atoms with Crippen molar-refractivity contribution in [1.29, 1.82) is 0 Å². The molecule has 0 spiro atoms. The third-order valence-electron chi connectivity index (χ3n) is 6.13. The van der Waals surface area contributed by atoms with Crippen molar-refractivity contribution >= 4 is 45.7 Å². The normalized spacial score (nSPS) is 16.6. The van der Waals surface area contributed by atoms with Crippen LogP contribution in [0.3, 0.4) is 0 Å². The lowest BCUT2D eigenvalue weighted by molar-refractivity contribution is -0.132. The summed E-state index contributed by atoms with van der Waals surface area (Å²) in [6, 6.07) is 17.7. The molecular formula is C29H26N4O4S2. The highest BCUT2D eigenvalue weighted by Crippen LogP contribution is 2.44. The number of hydrogen-bond acceptors (Lipinski definition) is 9. The summed E-state index contributed by atoms with van der Waals surface area (Å²) in [5.74, 6) is -0.548. The number of Topliss-reactive ketones (excluding diaryl/α,β-unsaturated/α-hetero) is 1. The van der Waals surface area contributed by atoms with Crippen molar-refractivity contribution in [2.75, 3.05) is 11.5 Å². The summed E-state index contributed by atoms with van der Waals surface area (Å²) in [6.07, 6.45) is 3.86. The minimum atomic E-state index is -0.911. The molecule has 1 amide bonds. The standard InChI is InChI=1S/C29H26N4O4S2/c1-3-15-37-22-6-4-5-21(16-22)24-23(25(34)20-11-13-30-14-12-20)26(35)27(36)33(24)28-31-32-29(39-28)38-17-19-9-7-18(2)8-10-19/h4-14,16,24,34H,3,15,17H2,1-2H3/b25-23+. The van der Waals surface area contributed by atoms with Gasteiger partial charge in [0, 0.05) is 23.7 Å². The molecule has 10 heteroatoms. The van der Waals surface area contributed by atoms with Crippen molar-refractivity contribution < 1.29 is 19.4 Å². The maximum atomic E-state index is 13.4. The fraction of sp³-hybridized carbons (Fsp3) is 0.207. The van der Waals surface area contributed by atoms with Gasteiger partial charge in [0.1, 0.15) is 11.5 Å². The summed E-state index contributed by atoms with van der Waals surface area (Å²) in [5, 5.41) is 20.1. The molecule has 1 saturated heterocycles. The molecule has 1 fully saturated rings. The average molecular weight is 559 g/mol. The summed E-state index contributed by atoms with van der Waals surface area (Å²) in [7, 11) is 0. The van der Waals surface area contributed by atoms with E-state index in [-0.39, 0.29) is 16.5 Å². The van der Waals surface area contributed by atoms with Crippen molar-refractivity contribution in [3.63, 3.8) is 0 Å². The number of benzene rings is 2. The van der Waals surface area contributed by atoms with Gasteiger partial charge in [-0.3, -0.25) is 19.5 Å². The Morgan fingerprint density at radius 3 is 2.59 bits per heavy atom. The molecule has 1 N–H and O–H groups in total. The van der Waals surface area contributed by atoms with Gasteiger partial charge in [-0.25, -0.2) is 0 Å². The van der Waals surface area contributed by atoms with Crippen molar-refractivity contribution in [3.8, 4) is 5.75 Å². The number of aromatic nitrogens is 3. The molecule has 1 aliphatic rings. The molecule has 2 aromatic heterocycles. The minimum absolute atomic E-state index is 0.0251. The van der Waals surface area contributed by atoms with Crippen molar-refractivity contribution in [2.24, 2.45) is 0 Å². The molecule has 3 heterocycles. The van der Waals surface area contributed by atoms with Crippen LogP contribution in [0.15, 0.2) is 83.0 Å². The SMILES string of the molecule is CCCOc1cccc(C2/C(=C(\O)c3ccncc3)C(=O)C(=O)N2c2nnc(SCc3ccc(C)cc3)s2)c1. The first-order chi connectivity index (χ1) is 19.0. The van der Waals surface area contributed by atoms with Crippen LogP contribution in [0.2, 0.25) is 0 Å². The Kier molecular flexibility index (Phi) is 8.04. The Hall–Kier alpha value is -4.02. The largest absolute Gasteiger partial charge is 0.507 e. The number of pyridine rings is 1. The van der Waals surface area contributed by atoms with Gasteiger partial charge in [-0.2, -0.15) is 0 Å². The van der Waals surface area contributed by atoms with Gasteiger partial charge in [0.2, 0.25) is 5.13 Å². The Bertz CT molecular complexity index is 1520. The maximum absolute atomic E-state index is 13.4. The topological polar surface area (TPSA) is 106 Å². The summed E-state index contributed by atoms with van der Waals surface area (Å²) < 4.78 is 6.48. The molecule has 0 radical (unpaired) electrons. The van der Waals surface area contributed by atoms with Crippen LogP contribution in [0.5, 0.6) is 5.75 Å². The van der Waals surface area contributed by atoms with Gasteiger partial charge in [-0.1, -0.05) is 72.0 Å². The zero-order valence-electron chi connectivity index (χ0n) is 21.4. The number of amides is 1. The predicted molar refractivity (Wildman–Crippen MR) is 152 cm³/mol. The third-order valence-corrected chi connectivity index (χ3v) is 8.26. The van der Waals surface area contributed by atoms with Crippen LogP contribution >= 0.6 is 23.1 Å². The molecule has 2 aromatic carbocycles. The van der Waals surface area contributed by atoms with Crippen LogP contribution in [0, 0.1) is 6.92 Å². The zero-order chi connectivity index (χ0) is 27.4. The van der Waals surface area contributed by atoms with E-state index in [0.29, 0.717) is 33.6 Å². The number of carbonyl (C=O) groups is 2. The molecule has 1 unspecified atom stereocenters. The average Bonchev–Trinajstić information content (AvgIpc) is 3.53. The Balaban J connectivity index is 1.53. The van der Waals surface area contributed by atoms with Crippen LogP contribution in [0.1, 0.15) is 41.6 Å². The number of rotatable bonds is 9. The van der Waals surface area contributed by atoms with Crippen LogP contribution in [-0.2, 0) is 15.3 Å². The molecule has 8 nitrogen and oxygen atoms in total. The van der Waals surface area contributed by atoms with E-state index in [0.717, 1.165) is 12.0 Å². The molecule has 198 valence electrons. The highest BCUT2D eigenvalue weighted by Gasteiger charge is 2.48. The number of carbonyl (C=O) groups excluding carboxylic acids is 2. The smallest absolute Gasteiger partial charge is 0.301 e. The second kappa shape index (κ2) is 11.8. The van der Waals surface area contributed by atoms with Crippen molar-refractivity contribution in [3.05, 3.63) is 101 Å². The Morgan fingerprint density at radius 2 is 1.85 bits per heavy atom. The fourth-order valence-corrected chi connectivity index (χ4v) is 6.02. The van der Waals surface area contributed by atoms with Crippen LogP contribution < -0.4 is 9.64 Å². The van der Waals surface area contributed by atoms with Crippen LogP contribution in [0.4, 0.5) is 5.13 Å². The predicted octanol–water partition coefficient (Wildman–Crippen LogP) is 5.95. The first-order valence-corrected chi connectivity index (χ1v) is 14.2. The van der Waals surface area contributed by atoms with Crippen LogP contribution in [-0.4, -0.2) is 38.6 Å². The van der Waals surface area contributed by atoms with E-state index in [1.807, 2.05) is 19.9 Å². The van der Waals surface area contributed by atoms with E-state index in [2.05, 4.69) is 39.4 Å². The van der Waals surface area contributed by atoms with Gasteiger partial charge in [0.25, 0.3) is 5.78 Å². The van der Waals surface area contributed by atoms with Gasteiger partial charge in [-0.05, 0) is 48.7 Å². The van der Waals surface area contributed by atoms with E-state index >= 15 is 0 Å². The second-order valence-electron chi connectivity index (χ2n) is 8.95. The molecule has 0 bridgehead atoms. The van der Waals surface area contributed by atoms with E-state index in [1.54, 1.807) is 30.3 Å². The minimum Gasteiger partial charge on any atom is -0.507 e. The van der Waals surface area contributed by atoms with Gasteiger partial charge in [0.05, 0.1) is 18.2 Å². The Morgan fingerprint density at radius 1 is 1.08 bits per heavy atom. The monoisotopic (exact) mass is 558 g/mol. The Labute approximate surface area is 234 Å². The van der Waals surface area contributed by atoms with Gasteiger partial charge in [-0.15, -0.1) is 10.2 Å². The number of aliphatic hydroxyl groups excluding tert-OH is 1. The van der Waals surface area contributed by atoms with Crippen molar-refractivity contribution in [1.82, 2.24) is 15.2 Å². The summed E-state index contributed by atoms with van der Waals surface area (Å²) in [4.78, 5) is 32.1.